The van der Waals surface area contributed by atoms with E-state index in [1.165, 1.54) is 49.8 Å². The van der Waals surface area contributed by atoms with Gasteiger partial charge in [0.1, 0.15) is 0 Å². The van der Waals surface area contributed by atoms with Crippen LogP contribution in [0.3, 0.4) is 0 Å². The molecule has 2 aromatic rings. The molecule has 128 valence electrons. The molecular weight excluding hydrogens is 326 g/mol. The number of hydrogen-bond acceptors (Lipinski definition) is 4. The number of carbonyl (C=O) groups excluding carboxylic acids is 1. The van der Waals surface area contributed by atoms with Crippen molar-refractivity contribution in [3.8, 4) is 0 Å². The van der Waals surface area contributed by atoms with Gasteiger partial charge in [0.25, 0.3) is 5.91 Å². The van der Waals surface area contributed by atoms with E-state index in [1.807, 2.05) is 0 Å². The lowest BCUT2D eigenvalue weighted by Gasteiger charge is -2.32. The topological polar surface area (TPSA) is 62.5 Å². The van der Waals surface area contributed by atoms with E-state index in [9.17, 15) is 4.79 Å². The van der Waals surface area contributed by atoms with Crippen LogP contribution in [-0.4, -0.2) is 51.6 Å². The standard InChI is InChI=1S/C17H22ClN5O/c18-17-20-15-4-3-14(11-23(15)21-17)16(24)19-9-12-5-7-22(8-6-12)10-13-1-2-13/h3-4,11-13H,1-2,5-10H2,(H,19,24). The minimum atomic E-state index is -0.0658. The van der Waals surface area contributed by atoms with Gasteiger partial charge in [-0.25, -0.2) is 4.52 Å². The first-order valence-corrected chi connectivity index (χ1v) is 9.07. The minimum absolute atomic E-state index is 0.0658. The molecule has 1 saturated heterocycles. The van der Waals surface area contributed by atoms with Gasteiger partial charge in [0, 0.05) is 19.3 Å². The molecule has 7 heteroatoms. The Morgan fingerprint density at radius 3 is 2.75 bits per heavy atom. The van der Waals surface area contributed by atoms with E-state index in [0.29, 0.717) is 17.1 Å². The van der Waals surface area contributed by atoms with E-state index >= 15 is 0 Å². The number of amides is 1. The number of nitrogens with one attached hydrogen (secondary N) is 1. The third-order valence-electron chi connectivity index (χ3n) is 5.04. The summed E-state index contributed by atoms with van der Waals surface area (Å²) in [6.07, 6.45) is 6.84. The molecule has 1 saturated carbocycles. The summed E-state index contributed by atoms with van der Waals surface area (Å²) in [5, 5.41) is 7.27. The van der Waals surface area contributed by atoms with Gasteiger partial charge >= 0.3 is 0 Å². The summed E-state index contributed by atoms with van der Waals surface area (Å²) in [7, 11) is 0. The van der Waals surface area contributed by atoms with E-state index in [-0.39, 0.29) is 11.2 Å². The number of rotatable bonds is 5. The van der Waals surface area contributed by atoms with E-state index in [1.54, 1.807) is 18.3 Å². The van der Waals surface area contributed by atoms with Crippen LogP contribution in [0.25, 0.3) is 5.65 Å². The largest absolute Gasteiger partial charge is 0.352 e. The summed E-state index contributed by atoms with van der Waals surface area (Å²) in [5.74, 6) is 1.47. The molecule has 0 atom stereocenters. The number of likely N-dealkylation sites (tertiary alicyclic amines) is 1. The van der Waals surface area contributed by atoms with Gasteiger partial charge in [-0.1, -0.05) is 0 Å². The highest BCUT2D eigenvalue weighted by Crippen LogP contribution is 2.31. The van der Waals surface area contributed by atoms with Gasteiger partial charge in [-0.05, 0) is 74.3 Å². The summed E-state index contributed by atoms with van der Waals surface area (Å²) < 4.78 is 1.54. The van der Waals surface area contributed by atoms with Crippen molar-refractivity contribution < 1.29 is 4.79 Å². The SMILES string of the molecule is O=C(NCC1CCN(CC2CC2)CC1)c1ccc2nc(Cl)nn2c1. The fourth-order valence-corrected chi connectivity index (χ4v) is 3.54. The van der Waals surface area contributed by atoms with Crippen molar-refractivity contribution in [2.45, 2.75) is 25.7 Å². The molecule has 24 heavy (non-hydrogen) atoms. The molecular formula is C17H22ClN5O. The van der Waals surface area contributed by atoms with Crippen LogP contribution in [0.5, 0.6) is 0 Å². The zero-order chi connectivity index (χ0) is 16.5. The highest BCUT2D eigenvalue weighted by atomic mass is 35.5. The molecule has 1 N–H and O–H groups in total. The molecule has 4 rings (SSSR count). The Morgan fingerprint density at radius 1 is 1.21 bits per heavy atom. The Bertz CT molecular complexity index is 734. The van der Waals surface area contributed by atoms with Crippen molar-refractivity contribution >= 4 is 23.2 Å². The van der Waals surface area contributed by atoms with Crippen molar-refractivity contribution in [3.63, 3.8) is 0 Å². The Balaban J connectivity index is 1.28. The monoisotopic (exact) mass is 347 g/mol. The second kappa shape index (κ2) is 6.69. The number of hydrogen-bond donors (Lipinski definition) is 1. The van der Waals surface area contributed by atoms with Crippen molar-refractivity contribution in [2.24, 2.45) is 11.8 Å². The minimum Gasteiger partial charge on any atom is -0.352 e. The third-order valence-corrected chi connectivity index (χ3v) is 5.20. The summed E-state index contributed by atoms with van der Waals surface area (Å²) in [4.78, 5) is 19.0. The van der Waals surface area contributed by atoms with Crippen LogP contribution in [0, 0.1) is 11.8 Å². The number of aromatic nitrogens is 3. The van der Waals surface area contributed by atoms with Crippen LogP contribution in [0.4, 0.5) is 0 Å². The molecule has 1 aliphatic heterocycles. The van der Waals surface area contributed by atoms with Crippen LogP contribution in [-0.2, 0) is 0 Å². The van der Waals surface area contributed by atoms with E-state index in [4.69, 9.17) is 11.6 Å². The molecule has 3 heterocycles. The lowest BCUT2D eigenvalue weighted by molar-refractivity contribution is 0.0935. The number of carbonyl (C=O) groups is 1. The number of nitrogens with zero attached hydrogens (tertiary/aromatic N) is 4. The number of halogens is 1. The van der Waals surface area contributed by atoms with Crippen molar-refractivity contribution in [1.82, 2.24) is 24.8 Å². The summed E-state index contributed by atoms with van der Waals surface area (Å²) in [6.45, 7) is 4.35. The van der Waals surface area contributed by atoms with Gasteiger partial charge in [-0.3, -0.25) is 4.79 Å². The van der Waals surface area contributed by atoms with Crippen LogP contribution >= 0.6 is 11.6 Å². The van der Waals surface area contributed by atoms with Gasteiger partial charge < -0.3 is 10.2 Å². The van der Waals surface area contributed by atoms with Gasteiger partial charge in [0.05, 0.1) is 5.56 Å². The molecule has 1 amide bonds. The van der Waals surface area contributed by atoms with Crippen LogP contribution in [0.15, 0.2) is 18.3 Å². The molecule has 2 aliphatic rings. The second-order valence-corrected chi connectivity index (χ2v) is 7.34. The lowest BCUT2D eigenvalue weighted by Crippen LogP contribution is -2.39. The van der Waals surface area contributed by atoms with E-state index in [0.717, 1.165) is 12.5 Å². The molecule has 6 nitrogen and oxygen atoms in total. The maximum atomic E-state index is 12.3. The molecule has 1 aliphatic carbocycles. The van der Waals surface area contributed by atoms with Crippen LogP contribution < -0.4 is 5.32 Å². The van der Waals surface area contributed by atoms with E-state index in [2.05, 4.69) is 20.3 Å². The Morgan fingerprint density at radius 2 is 2.00 bits per heavy atom. The average Bonchev–Trinajstić information content (AvgIpc) is 3.31. The Kier molecular flexibility index (Phi) is 4.41. The first kappa shape index (κ1) is 15.8. The Labute approximate surface area is 146 Å². The van der Waals surface area contributed by atoms with Crippen molar-refractivity contribution in [2.75, 3.05) is 26.2 Å². The van der Waals surface area contributed by atoms with Crippen molar-refractivity contribution in [3.05, 3.63) is 29.2 Å². The van der Waals surface area contributed by atoms with Crippen LogP contribution in [0.2, 0.25) is 5.28 Å². The third kappa shape index (κ3) is 3.70. The smallest absolute Gasteiger partial charge is 0.252 e. The summed E-state index contributed by atoms with van der Waals surface area (Å²) in [5.41, 5.74) is 1.22. The average molecular weight is 348 g/mol. The lowest BCUT2D eigenvalue weighted by atomic mass is 9.96. The fourth-order valence-electron chi connectivity index (χ4n) is 3.37. The molecule has 2 fully saturated rings. The fraction of sp³-hybridized carbons (Fsp3) is 0.588. The quantitative estimate of drug-likeness (QED) is 0.901. The first-order chi connectivity index (χ1) is 11.7. The first-order valence-electron chi connectivity index (χ1n) is 8.70. The number of pyridine rings is 1. The zero-order valence-corrected chi connectivity index (χ0v) is 14.4. The van der Waals surface area contributed by atoms with Gasteiger partial charge in [0.2, 0.25) is 5.28 Å². The summed E-state index contributed by atoms with van der Waals surface area (Å²) in [6, 6.07) is 3.51. The highest BCUT2D eigenvalue weighted by molar-refractivity contribution is 6.28. The predicted molar refractivity (Wildman–Crippen MR) is 92.2 cm³/mol. The van der Waals surface area contributed by atoms with Gasteiger partial charge in [-0.15, -0.1) is 5.10 Å². The predicted octanol–water partition coefficient (Wildman–Crippen LogP) is 2.23. The van der Waals surface area contributed by atoms with E-state index < -0.39 is 0 Å². The molecule has 0 radical (unpaired) electrons. The highest BCUT2D eigenvalue weighted by Gasteiger charge is 2.27. The zero-order valence-electron chi connectivity index (χ0n) is 13.6. The number of piperidine rings is 1. The molecule has 0 unspecified atom stereocenters. The molecule has 2 aromatic heterocycles. The molecule has 0 bridgehead atoms. The molecule has 0 spiro atoms. The Hall–Kier alpha value is -1.66. The van der Waals surface area contributed by atoms with Gasteiger partial charge in [0.15, 0.2) is 5.65 Å². The van der Waals surface area contributed by atoms with Gasteiger partial charge in [-0.2, -0.15) is 4.98 Å². The maximum absolute atomic E-state index is 12.3. The summed E-state index contributed by atoms with van der Waals surface area (Å²) >= 11 is 5.78. The molecule has 0 aromatic carbocycles. The second-order valence-electron chi connectivity index (χ2n) is 7.00. The normalized spacial score (nSPS) is 19.7. The van der Waals surface area contributed by atoms with Crippen LogP contribution in [0.1, 0.15) is 36.0 Å². The van der Waals surface area contributed by atoms with Crippen molar-refractivity contribution in [1.29, 1.82) is 0 Å². The number of fused-ring (bicyclic) bond motifs is 1. The maximum Gasteiger partial charge on any atom is 0.252 e.